The van der Waals surface area contributed by atoms with Crippen LogP contribution in [-0.2, 0) is 13.2 Å². The van der Waals surface area contributed by atoms with Crippen molar-refractivity contribution in [3.63, 3.8) is 0 Å². The molecule has 0 radical (unpaired) electrons. The molecule has 3 aromatic carbocycles. The van der Waals surface area contributed by atoms with E-state index in [0.29, 0.717) is 34.7 Å². The van der Waals surface area contributed by atoms with E-state index in [4.69, 9.17) is 32.7 Å². The van der Waals surface area contributed by atoms with Crippen LogP contribution in [0.15, 0.2) is 65.1 Å². The van der Waals surface area contributed by atoms with Crippen molar-refractivity contribution in [2.75, 3.05) is 12.4 Å². The number of benzene rings is 3. The van der Waals surface area contributed by atoms with Crippen molar-refractivity contribution >= 4 is 44.8 Å². The number of ether oxygens (including phenoxy) is 2. The average Bonchev–Trinajstić information content (AvgIpc) is 2.65. The lowest BCUT2D eigenvalue weighted by Gasteiger charge is -2.15. The molecule has 3 aromatic rings. The number of halogens is 3. The number of hydrogen-bond acceptors (Lipinski definition) is 3. The predicted molar refractivity (Wildman–Crippen MR) is 115 cm³/mol. The Bertz CT molecular complexity index is 899. The summed E-state index contributed by atoms with van der Waals surface area (Å²) in [7, 11) is 1.63. The number of rotatable bonds is 7. The molecule has 0 spiro atoms. The molecule has 0 bridgehead atoms. The van der Waals surface area contributed by atoms with Crippen molar-refractivity contribution in [1.29, 1.82) is 0 Å². The molecule has 6 heteroatoms. The highest BCUT2D eigenvalue weighted by atomic mass is 79.9. The fraction of sp³-hybridized carbons (Fsp3) is 0.143. The molecule has 0 aliphatic rings. The highest BCUT2D eigenvalue weighted by Crippen LogP contribution is 2.34. The van der Waals surface area contributed by atoms with E-state index < -0.39 is 0 Å². The SMILES string of the molecule is COc1cc(CNc2cc(Cl)cc(Cl)c2)c(Br)cc1OCc1ccccc1. The van der Waals surface area contributed by atoms with E-state index in [1.165, 1.54) is 0 Å². The van der Waals surface area contributed by atoms with Crippen molar-refractivity contribution in [2.24, 2.45) is 0 Å². The van der Waals surface area contributed by atoms with Gasteiger partial charge in [0.25, 0.3) is 0 Å². The van der Waals surface area contributed by atoms with Crippen LogP contribution >= 0.6 is 39.1 Å². The van der Waals surface area contributed by atoms with Crippen molar-refractivity contribution < 1.29 is 9.47 Å². The van der Waals surface area contributed by atoms with Crippen LogP contribution in [0, 0.1) is 0 Å². The van der Waals surface area contributed by atoms with Crippen molar-refractivity contribution in [3.05, 3.63) is 86.3 Å². The number of methoxy groups -OCH3 is 1. The van der Waals surface area contributed by atoms with E-state index in [0.717, 1.165) is 21.3 Å². The maximum Gasteiger partial charge on any atom is 0.162 e. The zero-order valence-electron chi connectivity index (χ0n) is 14.6. The molecule has 3 rings (SSSR count). The van der Waals surface area contributed by atoms with Crippen LogP contribution in [0.1, 0.15) is 11.1 Å². The summed E-state index contributed by atoms with van der Waals surface area (Å²) >= 11 is 15.7. The fourth-order valence-electron chi connectivity index (χ4n) is 2.57. The molecule has 0 heterocycles. The Balaban J connectivity index is 1.73. The number of anilines is 1. The molecule has 0 fully saturated rings. The molecule has 0 aromatic heterocycles. The highest BCUT2D eigenvalue weighted by molar-refractivity contribution is 9.10. The van der Waals surface area contributed by atoms with Crippen LogP contribution < -0.4 is 14.8 Å². The average molecular weight is 467 g/mol. The summed E-state index contributed by atoms with van der Waals surface area (Å²) in [4.78, 5) is 0. The molecule has 0 saturated carbocycles. The Morgan fingerprint density at radius 1 is 0.926 bits per heavy atom. The normalized spacial score (nSPS) is 10.5. The Labute approximate surface area is 177 Å². The van der Waals surface area contributed by atoms with Gasteiger partial charge in [-0.15, -0.1) is 0 Å². The molecule has 0 atom stereocenters. The highest BCUT2D eigenvalue weighted by Gasteiger charge is 2.11. The summed E-state index contributed by atoms with van der Waals surface area (Å²) in [6.07, 6.45) is 0. The Morgan fingerprint density at radius 2 is 1.63 bits per heavy atom. The molecular weight excluding hydrogens is 449 g/mol. The minimum atomic E-state index is 0.474. The summed E-state index contributed by atoms with van der Waals surface area (Å²) in [6, 6.07) is 19.2. The van der Waals surface area contributed by atoms with Gasteiger partial charge in [-0.2, -0.15) is 0 Å². The zero-order valence-corrected chi connectivity index (χ0v) is 17.7. The maximum atomic E-state index is 6.05. The lowest BCUT2D eigenvalue weighted by molar-refractivity contribution is 0.284. The molecule has 140 valence electrons. The first-order valence-electron chi connectivity index (χ1n) is 8.28. The second kappa shape index (κ2) is 9.36. The Hall–Kier alpha value is -1.88. The third-order valence-corrected chi connectivity index (χ3v) is 5.09. The maximum absolute atomic E-state index is 6.05. The summed E-state index contributed by atoms with van der Waals surface area (Å²) in [6.45, 7) is 1.05. The van der Waals surface area contributed by atoms with Gasteiger partial charge in [-0.05, 0) is 41.5 Å². The van der Waals surface area contributed by atoms with E-state index >= 15 is 0 Å². The predicted octanol–water partition coefficient (Wildman–Crippen LogP) is 6.96. The second-order valence-corrected chi connectivity index (χ2v) is 7.61. The van der Waals surface area contributed by atoms with Gasteiger partial charge in [0.1, 0.15) is 6.61 Å². The molecule has 0 aliphatic carbocycles. The van der Waals surface area contributed by atoms with Gasteiger partial charge in [-0.3, -0.25) is 0 Å². The van der Waals surface area contributed by atoms with Crippen LogP contribution in [0.3, 0.4) is 0 Å². The van der Waals surface area contributed by atoms with Gasteiger partial charge in [0, 0.05) is 26.8 Å². The van der Waals surface area contributed by atoms with Gasteiger partial charge in [0.05, 0.1) is 7.11 Å². The van der Waals surface area contributed by atoms with Crippen LogP contribution in [0.25, 0.3) is 0 Å². The Kier molecular flexibility index (Phi) is 6.89. The monoisotopic (exact) mass is 465 g/mol. The van der Waals surface area contributed by atoms with E-state index in [2.05, 4.69) is 21.2 Å². The van der Waals surface area contributed by atoms with E-state index in [-0.39, 0.29) is 0 Å². The first-order valence-corrected chi connectivity index (χ1v) is 9.83. The van der Waals surface area contributed by atoms with Crippen LogP contribution in [-0.4, -0.2) is 7.11 Å². The minimum Gasteiger partial charge on any atom is -0.493 e. The quantitative estimate of drug-likeness (QED) is 0.408. The van der Waals surface area contributed by atoms with Crippen molar-refractivity contribution in [1.82, 2.24) is 0 Å². The lowest BCUT2D eigenvalue weighted by atomic mass is 10.2. The van der Waals surface area contributed by atoms with Crippen LogP contribution in [0.5, 0.6) is 11.5 Å². The smallest absolute Gasteiger partial charge is 0.162 e. The third-order valence-electron chi connectivity index (χ3n) is 3.92. The Morgan fingerprint density at radius 3 is 2.30 bits per heavy atom. The molecule has 0 amide bonds. The van der Waals surface area contributed by atoms with E-state index in [9.17, 15) is 0 Å². The minimum absolute atomic E-state index is 0.474. The number of nitrogens with one attached hydrogen (secondary N) is 1. The van der Waals surface area contributed by atoms with Crippen molar-refractivity contribution in [2.45, 2.75) is 13.2 Å². The first-order chi connectivity index (χ1) is 13.0. The second-order valence-electron chi connectivity index (χ2n) is 5.88. The molecule has 0 unspecified atom stereocenters. The molecule has 1 N–H and O–H groups in total. The lowest BCUT2D eigenvalue weighted by Crippen LogP contribution is -2.03. The van der Waals surface area contributed by atoms with Gasteiger partial charge in [-0.25, -0.2) is 0 Å². The van der Waals surface area contributed by atoms with Gasteiger partial charge in [0.2, 0.25) is 0 Å². The van der Waals surface area contributed by atoms with Crippen molar-refractivity contribution in [3.8, 4) is 11.5 Å². The van der Waals surface area contributed by atoms with E-state index in [1.807, 2.05) is 54.6 Å². The van der Waals surface area contributed by atoms with Gasteiger partial charge < -0.3 is 14.8 Å². The molecule has 0 saturated heterocycles. The topological polar surface area (TPSA) is 30.5 Å². The largest absolute Gasteiger partial charge is 0.493 e. The van der Waals surface area contributed by atoms with E-state index in [1.54, 1.807) is 13.2 Å². The molecule has 27 heavy (non-hydrogen) atoms. The van der Waals surface area contributed by atoms with Gasteiger partial charge >= 0.3 is 0 Å². The zero-order chi connectivity index (χ0) is 19.2. The molecule has 3 nitrogen and oxygen atoms in total. The fourth-order valence-corrected chi connectivity index (χ4v) is 3.56. The standard InChI is InChI=1S/C21H18BrCl2NO2/c1-26-20-7-15(12-25-18-9-16(23)8-17(24)10-18)19(22)11-21(20)27-13-14-5-3-2-4-6-14/h2-11,25H,12-13H2,1H3. The molecular formula is C21H18BrCl2NO2. The van der Waals surface area contributed by atoms with Gasteiger partial charge in [0.15, 0.2) is 11.5 Å². The van der Waals surface area contributed by atoms with Crippen LogP contribution in [0.2, 0.25) is 10.0 Å². The number of hydrogen-bond donors (Lipinski definition) is 1. The van der Waals surface area contributed by atoms with Gasteiger partial charge in [-0.1, -0.05) is 69.5 Å². The molecule has 0 aliphatic heterocycles. The first kappa shape index (κ1) is 19.9. The summed E-state index contributed by atoms with van der Waals surface area (Å²) in [5, 5.41) is 4.50. The summed E-state index contributed by atoms with van der Waals surface area (Å²) in [5.41, 5.74) is 2.97. The summed E-state index contributed by atoms with van der Waals surface area (Å²) < 4.78 is 12.4. The van der Waals surface area contributed by atoms with Crippen LogP contribution in [0.4, 0.5) is 5.69 Å². The summed E-state index contributed by atoms with van der Waals surface area (Å²) in [5.74, 6) is 1.36. The third kappa shape index (κ3) is 5.55.